The van der Waals surface area contributed by atoms with Gasteiger partial charge in [0.2, 0.25) is 5.91 Å². The van der Waals surface area contributed by atoms with E-state index in [2.05, 4.69) is 11.9 Å². The fraction of sp³-hybridized carbons (Fsp3) is 0.667. The minimum absolute atomic E-state index is 0.119. The molecule has 13 heavy (non-hydrogen) atoms. The van der Waals surface area contributed by atoms with Crippen LogP contribution in [0.1, 0.15) is 0 Å². The number of carbonyl (C=O) groups is 1. The Morgan fingerprint density at radius 1 is 1.62 bits per heavy atom. The van der Waals surface area contributed by atoms with Gasteiger partial charge in [0.1, 0.15) is 0 Å². The van der Waals surface area contributed by atoms with Gasteiger partial charge in [-0.1, -0.05) is 6.08 Å². The fourth-order valence-corrected chi connectivity index (χ4v) is 1.29. The summed E-state index contributed by atoms with van der Waals surface area (Å²) in [5, 5.41) is 3.08. The Morgan fingerprint density at radius 3 is 2.85 bits per heavy atom. The van der Waals surface area contributed by atoms with Gasteiger partial charge in [0, 0.05) is 32.1 Å². The number of hydrogen-bond donors (Lipinski definition) is 1. The number of thioether (sulfide) groups is 1. The van der Waals surface area contributed by atoms with E-state index >= 15 is 0 Å². The maximum Gasteiger partial charge on any atom is 0.236 e. The molecule has 1 N–H and O–H groups in total. The molecule has 0 radical (unpaired) electrons. The van der Waals surface area contributed by atoms with Gasteiger partial charge in [-0.25, -0.2) is 0 Å². The van der Waals surface area contributed by atoms with Crippen molar-refractivity contribution in [2.45, 2.75) is 0 Å². The summed E-state index contributed by atoms with van der Waals surface area (Å²) in [7, 11) is 3.52. The zero-order valence-corrected chi connectivity index (χ0v) is 9.19. The molecule has 0 aromatic carbocycles. The summed E-state index contributed by atoms with van der Waals surface area (Å²) in [6, 6.07) is 0. The van der Waals surface area contributed by atoms with E-state index in [1.807, 2.05) is 17.8 Å². The molecule has 76 valence electrons. The summed E-state index contributed by atoms with van der Waals surface area (Å²) in [5.41, 5.74) is 0. The SMILES string of the molecule is C=CCSCCNCC(=O)N(C)C. The predicted octanol–water partition coefficient (Wildman–Crippen LogP) is 0.583. The molecule has 0 atom stereocenters. The molecule has 0 saturated heterocycles. The number of hydrogen-bond acceptors (Lipinski definition) is 3. The second kappa shape index (κ2) is 8.13. The lowest BCUT2D eigenvalue weighted by Gasteiger charge is -2.10. The van der Waals surface area contributed by atoms with Crippen LogP contribution in [0.5, 0.6) is 0 Å². The van der Waals surface area contributed by atoms with Crippen molar-refractivity contribution in [2.75, 3.05) is 38.7 Å². The van der Waals surface area contributed by atoms with Gasteiger partial charge in [-0.3, -0.25) is 4.79 Å². The summed E-state index contributed by atoms with van der Waals surface area (Å²) in [6.45, 7) is 4.93. The van der Waals surface area contributed by atoms with E-state index in [1.54, 1.807) is 19.0 Å². The zero-order chi connectivity index (χ0) is 10.1. The number of rotatable bonds is 7. The fourth-order valence-electron chi connectivity index (χ4n) is 0.664. The van der Waals surface area contributed by atoms with Crippen LogP contribution in [0, 0.1) is 0 Å². The van der Waals surface area contributed by atoms with Crippen LogP contribution in [0.15, 0.2) is 12.7 Å². The van der Waals surface area contributed by atoms with Crippen molar-refractivity contribution in [1.29, 1.82) is 0 Å². The summed E-state index contributed by atoms with van der Waals surface area (Å²) in [6.07, 6.45) is 1.88. The predicted molar refractivity (Wildman–Crippen MR) is 59.1 cm³/mol. The van der Waals surface area contributed by atoms with Gasteiger partial charge in [0.05, 0.1) is 6.54 Å². The number of nitrogens with zero attached hydrogens (tertiary/aromatic N) is 1. The first kappa shape index (κ1) is 12.5. The van der Waals surface area contributed by atoms with Crippen molar-refractivity contribution in [3.05, 3.63) is 12.7 Å². The Hall–Kier alpha value is -0.480. The maximum absolute atomic E-state index is 11.1. The third-order valence-electron chi connectivity index (χ3n) is 1.43. The third kappa shape index (κ3) is 7.87. The first-order valence-electron chi connectivity index (χ1n) is 4.28. The molecule has 0 spiro atoms. The molecule has 4 heteroatoms. The Morgan fingerprint density at radius 2 is 2.31 bits per heavy atom. The van der Waals surface area contributed by atoms with Crippen LogP contribution in [-0.2, 0) is 4.79 Å². The van der Waals surface area contributed by atoms with Crippen molar-refractivity contribution in [3.8, 4) is 0 Å². The van der Waals surface area contributed by atoms with Gasteiger partial charge in [-0.2, -0.15) is 11.8 Å². The quantitative estimate of drug-likeness (QED) is 0.484. The molecular formula is C9H18N2OS. The Kier molecular flexibility index (Phi) is 7.83. The second-order valence-corrected chi connectivity index (χ2v) is 3.98. The van der Waals surface area contributed by atoms with Gasteiger partial charge in [-0.15, -0.1) is 6.58 Å². The molecule has 0 bridgehead atoms. The van der Waals surface area contributed by atoms with Gasteiger partial charge in [0.25, 0.3) is 0 Å². The molecule has 0 aliphatic rings. The normalized spacial score (nSPS) is 9.69. The van der Waals surface area contributed by atoms with Gasteiger partial charge < -0.3 is 10.2 Å². The molecule has 1 amide bonds. The average Bonchev–Trinajstić information content (AvgIpc) is 2.10. The first-order valence-corrected chi connectivity index (χ1v) is 5.43. The van der Waals surface area contributed by atoms with Crippen LogP contribution in [0.3, 0.4) is 0 Å². The van der Waals surface area contributed by atoms with E-state index < -0.39 is 0 Å². The molecule has 0 heterocycles. The molecule has 0 rings (SSSR count). The number of amides is 1. The van der Waals surface area contributed by atoms with E-state index in [9.17, 15) is 4.79 Å². The first-order chi connectivity index (χ1) is 6.18. The van der Waals surface area contributed by atoms with Crippen molar-refractivity contribution < 1.29 is 4.79 Å². The van der Waals surface area contributed by atoms with Gasteiger partial charge in [0.15, 0.2) is 0 Å². The number of nitrogens with one attached hydrogen (secondary N) is 1. The van der Waals surface area contributed by atoms with Crippen LogP contribution >= 0.6 is 11.8 Å². The van der Waals surface area contributed by atoms with Crippen molar-refractivity contribution in [2.24, 2.45) is 0 Å². The average molecular weight is 202 g/mol. The largest absolute Gasteiger partial charge is 0.348 e. The summed E-state index contributed by atoms with van der Waals surface area (Å²) in [5.74, 6) is 2.12. The van der Waals surface area contributed by atoms with Gasteiger partial charge >= 0.3 is 0 Å². The lowest BCUT2D eigenvalue weighted by Crippen LogP contribution is -2.33. The zero-order valence-electron chi connectivity index (χ0n) is 8.38. The Labute approximate surface area is 84.6 Å². The molecular weight excluding hydrogens is 184 g/mol. The summed E-state index contributed by atoms with van der Waals surface area (Å²) < 4.78 is 0. The van der Waals surface area contributed by atoms with E-state index in [0.717, 1.165) is 18.1 Å². The molecule has 0 aliphatic carbocycles. The highest BCUT2D eigenvalue weighted by atomic mass is 32.2. The molecule has 0 aromatic heterocycles. The Bertz CT molecular complexity index is 160. The monoisotopic (exact) mass is 202 g/mol. The van der Waals surface area contributed by atoms with Crippen molar-refractivity contribution >= 4 is 17.7 Å². The van der Waals surface area contributed by atoms with E-state index in [1.165, 1.54) is 0 Å². The number of likely N-dealkylation sites (N-methyl/N-ethyl adjacent to an activating group) is 1. The highest BCUT2D eigenvalue weighted by Gasteiger charge is 2.00. The van der Waals surface area contributed by atoms with Crippen molar-refractivity contribution in [3.63, 3.8) is 0 Å². The summed E-state index contributed by atoms with van der Waals surface area (Å²) >= 11 is 1.81. The van der Waals surface area contributed by atoms with Crippen LogP contribution in [0.4, 0.5) is 0 Å². The smallest absolute Gasteiger partial charge is 0.236 e. The molecule has 0 aromatic rings. The van der Waals surface area contributed by atoms with Gasteiger partial charge in [-0.05, 0) is 0 Å². The molecule has 0 aliphatic heterocycles. The highest BCUT2D eigenvalue weighted by molar-refractivity contribution is 7.99. The van der Waals surface area contributed by atoms with E-state index in [-0.39, 0.29) is 5.91 Å². The molecule has 0 saturated carbocycles. The third-order valence-corrected chi connectivity index (χ3v) is 2.40. The standard InChI is InChI=1S/C9H18N2OS/c1-4-6-13-7-5-10-8-9(12)11(2)3/h4,10H,1,5-8H2,2-3H3. The van der Waals surface area contributed by atoms with Crippen LogP contribution < -0.4 is 5.32 Å². The minimum atomic E-state index is 0.119. The van der Waals surface area contributed by atoms with Crippen LogP contribution in [0.2, 0.25) is 0 Å². The minimum Gasteiger partial charge on any atom is -0.348 e. The van der Waals surface area contributed by atoms with Crippen molar-refractivity contribution in [1.82, 2.24) is 10.2 Å². The Balaban J connectivity index is 3.16. The number of carbonyl (C=O) groups excluding carboxylic acids is 1. The van der Waals surface area contributed by atoms with E-state index in [4.69, 9.17) is 0 Å². The van der Waals surface area contributed by atoms with Crippen LogP contribution in [-0.4, -0.2) is 49.5 Å². The van der Waals surface area contributed by atoms with Crippen LogP contribution in [0.25, 0.3) is 0 Å². The second-order valence-electron chi connectivity index (χ2n) is 2.83. The molecule has 0 unspecified atom stereocenters. The molecule has 3 nitrogen and oxygen atoms in total. The highest BCUT2D eigenvalue weighted by Crippen LogP contribution is 1.96. The molecule has 0 fully saturated rings. The van der Waals surface area contributed by atoms with E-state index in [0.29, 0.717) is 6.54 Å². The maximum atomic E-state index is 11.1. The summed E-state index contributed by atoms with van der Waals surface area (Å²) in [4.78, 5) is 12.7. The topological polar surface area (TPSA) is 32.3 Å². The lowest BCUT2D eigenvalue weighted by atomic mass is 10.5. The lowest BCUT2D eigenvalue weighted by molar-refractivity contribution is -0.127.